The van der Waals surface area contributed by atoms with Gasteiger partial charge in [0.15, 0.2) is 0 Å². The highest BCUT2D eigenvalue weighted by atomic mass is 35.5. The molecule has 140 valence electrons. The van der Waals surface area contributed by atoms with Gasteiger partial charge in [-0.2, -0.15) is 0 Å². The second-order valence-electron chi connectivity index (χ2n) is 6.42. The Balaban J connectivity index is 1.90. The molecule has 1 amide bonds. The van der Waals surface area contributed by atoms with Crippen LogP contribution >= 0.6 is 11.6 Å². The molecule has 0 aliphatic heterocycles. The highest BCUT2D eigenvalue weighted by Gasteiger charge is 2.12. The van der Waals surface area contributed by atoms with Crippen LogP contribution < -0.4 is 10.9 Å². The fourth-order valence-corrected chi connectivity index (χ4v) is 3.27. The lowest BCUT2D eigenvalue weighted by Crippen LogP contribution is -2.23. The highest BCUT2D eigenvalue weighted by molar-refractivity contribution is 6.30. The standard InChI is InChI=1S/C21H21ClN2O3/c1-3-24(12-15-5-4-6-17(22)9-15)13-16-10-21(26)27-20-11-18(23-14(2)25)7-8-19(16)20/h4-11H,3,12-13H2,1-2H3,(H,23,25). The van der Waals surface area contributed by atoms with Crippen molar-refractivity contribution in [3.05, 3.63) is 75.1 Å². The van der Waals surface area contributed by atoms with Crippen LogP contribution in [0.2, 0.25) is 5.02 Å². The molecule has 0 bridgehead atoms. The highest BCUT2D eigenvalue weighted by Crippen LogP contribution is 2.23. The summed E-state index contributed by atoms with van der Waals surface area (Å²) < 4.78 is 5.33. The van der Waals surface area contributed by atoms with E-state index >= 15 is 0 Å². The number of hydrogen-bond acceptors (Lipinski definition) is 4. The number of nitrogens with one attached hydrogen (secondary N) is 1. The fourth-order valence-electron chi connectivity index (χ4n) is 3.06. The molecule has 0 fully saturated rings. The summed E-state index contributed by atoms with van der Waals surface area (Å²) in [5, 5.41) is 4.26. The monoisotopic (exact) mass is 384 g/mol. The molecular weight excluding hydrogens is 364 g/mol. The summed E-state index contributed by atoms with van der Waals surface area (Å²) in [6.45, 7) is 5.66. The number of anilines is 1. The largest absolute Gasteiger partial charge is 0.423 e. The molecular formula is C21H21ClN2O3. The zero-order valence-electron chi connectivity index (χ0n) is 15.3. The second-order valence-corrected chi connectivity index (χ2v) is 6.85. The minimum atomic E-state index is -0.406. The molecule has 1 N–H and O–H groups in total. The third-order valence-electron chi connectivity index (χ3n) is 4.29. The minimum absolute atomic E-state index is 0.175. The number of amides is 1. The van der Waals surface area contributed by atoms with Gasteiger partial charge in [0.25, 0.3) is 0 Å². The molecule has 0 unspecified atom stereocenters. The average Bonchev–Trinajstić information content (AvgIpc) is 2.60. The van der Waals surface area contributed by atoms with Gasteiger partial charge >= 0.3 is 5.63 Å². The average molecular weight is 385 g/mol. The molecule has 0 aliphatic rings. The first-order valence-electron chi connectivity index (χ1n) is 8.76. The third-order valence-corrected chi connectivity index (χ3v) is 4.52. The lowest BCUT2D eigenvalue weighted by atomic mass is 10.1. The SMILES string of the molecule is CCN(Cc1cccc(Cl)c1)Cc1cc(=O)oc2cc(NC(C)=O)ccc12. The Labute approximate surface area is 162 Å². The van der Waals surface area contributed by atoms with E-state index in [1.807, 2.05) is 30.3 Å². The molecule has 1 heterocycles. The van der Waals surface area contributed by atoms with Gasteiger partial charge in [-0.25, -0.2) is 4.79 Å². The zero-order valence-corrected chi connectivity index (χ0v) is 16.0. The van der Waals surface area contributed by atoms with Crippen molar-refractivity contribution in [3.8, 4) is 0 Å². The Hall–Kier alpha value is -2.63. The van der Waals surface area contributed by atoms with Crippen LogP contribution in [-0.4, -0.2) is 17.4 Å². The minimum Gasteiger partial charge on any atom is -0.423 e. The van der Waals surface area contributed by atoms with E-state index in [1.165, 1.54) is 13.0 Å². The summed E-state index contributed by atoms with van der Waals surface area (Å²) in [6.07, 6.45) is 0. The van der Waals surface area contributed by atoms with E-state index in [0.29, 0.717) is 22.8 Å². The third kappa shape index (κ3) is 4.96. The zero-order chi connectivity index (χ0) is 19.4. The van der Waals surface area contributed by atoms with Crippen molar-refractivity contribution in [2.75, 3.05) is 11.9 Å². The van der Waals surface area contributed by atoms with E-state index in [1.54, 1.807) is 12.1 Å². The molecule has 1 aromatic heterocycles. The van der Waals surface area contributed by atoms with Crippen LogP contribution in [0.4, 0.5) is 5.69 Å². The van der Waals surface area contributed by atoms with Gasteiger partial charge in [-0.05, 0) is 41.9 Å². The number of benzene rings is 2. The number of hydrogen-bond donors (Lipinski definition) is 1. The van der Waals surface area contributed by atoms with Crippen LogP contribution in [0.15, 0.2) is 57.7 Å². The Morgan fingerprint density at radius 1 is 1.15 bits per heavy atom. The predicted molar refractivity (Wildman–Crippen MR) is 108 cm³/mol. The summed E-state index contributed by atoms with van der Waals surface area (Å²) in [5.41, 5.74) is 2.66. The number of fused-ring (bicyclic) bond motifs is 1. The van der Waals surface area contributed by atoms with E-state index in [9.17, 15) is 9.59 Å². The maximum Gasteiger partial charge on any atom is 0.336 e. The van der Waals surface area contributed by atoms with E-state index in [0.717, 1.165) is 29.6 Å². The lowest BCUT2D eigenvalue weighted by Gasteiger charge is -2.21. The summed E-state index contributed by atoms with van der Waals surface area (Å²) in [5.74, 6) is -0.175. The van der Waals surface area contributed by atoms with Gasteiger partial charge in [0.1, 0.15) is 5.58 Å². The molecule has 5 nitrogen and oxygen atoms in total. The summed E-state index contributed by atoms with van der Waals surface area (Å²) in [4.78, 5) is 25.5. The van der Waals surface area contributed by atoms with E-state index in [4.69, 9.17) is 16.0 Å². The van der Waals surface area contributed by atoms with Crippen molar-refractivity contribution in [2.24, 2.45) is 0 Å². The van der Waals surface area contributed by atoms with Gasteiger partial charge in [0.05, 0.1) is 0 Å². The number of carbonyl (C=O) groups is 1. The van der Waals surface area contributed by atoms with Crippen LogP contribution in [0.25, 0.3) is 11.0 Å². The van der Waals surface area contributed by atoms with Crippen molar-refractivity contribution >= 4 is 34.2 Å². The molecule has 0 radical (unpaired) electrons. The Morgan fingerprint density at radius 2 is 1.96 bits per heavy atom. The Morgan fingerprint density at radius 3 is 2.67 bits per heavy atom. The molecule has 2 aromatic carbocycles. The van der Waals surface area contributed by atoms with Crippen LogP contribution in [0.5, 0.6) is 0 Å². The first kappa shape index (κ1) is 19.1. The van der Waals surface area contributed by atoms with Gasteiger partial charge in [0.2, 0.25) is 5.91 Å². The van der Waals surface area contributed by atoms with Gasteiger partial charge < -0.3 is 9.73 Å². The van der Waals surface area contributed by atoms with Gasteiger partial charge in [-0.15, -0.1) is 0 Å². The van der Waals surface area contributed by atoms with Gasteiger partial charge in [0, 0.05) is 48.2 Å². The number of rotatable bonds is 6. The fraction of sp³-hybridized carbons (Fsp3) is 0.238. The van der Waals surface area contributed by atoms with Crippen molar-refractivity contribution in [2.45, 2.75) is 26.9 Å². The molecule has 3 rings (SSSR count). The molecule has 6 heteroatoms. The molecule has 27 heavy (non-hydrogen) atoms. The van der Waals surface area contributed by atoms with E-state index < -0.39 is 5.63 Å². The number of carbonyl (C=O) groups excluding carboxylic acids is 1. The first-order chi connectivity index (χ1) is 12.9. The van der Waals surface area contributed by atoms with Crippen molar-refractivity contribution < 1.29 is 9.21 Å². The second kappa shape index (κ2) is 8.37. The first-order valence-corrected chi connectivity index (χ1v) is 9.13. The van der Waals surface area contributed by atoms with E-state index in [2.05, 4.69) is 17.1 Å². The normalized spacial score (nSPS) is 11.1. The molecule has 0 spiro atoms. The lowest BCUT2D eigenvalue weighted by molar-refractivity contribution is -0.114. The number of nitrogens with zero attached hydrogens (tertiary/aromatic N) is 1. The van der Waals surface area contributed by atoms with E-state index in [-0.39, 0.29) is 5.91 Å². The summed E-state index contributed by atoms with van der Waals surface area (Å²) in [7, 11) is 0. The molecule has 0 aliphatic carbocycles. The molecule has 0 atom stereocenters. The Kier molecular flexibility index (Phi) is 5.94. The van der Waals surface area contributed by atoms with Gasteiger partial charge in [-0.3, -0.25) is 9.69 Å². The van der Waals surface area contributed by atoms with Crippen molar-refractivity contribution in [1.82, 2.24) is 4.90 Å². The maximum absolute atomic E-state index is 12.0. The van der Waals surface area contributed by atoms with Crippen LogP contribution in [0.3, 0.4) is 0 Å². The predicted octanol–water partition coefficient (Wildman–Crippen LogP) is 4.43. The van der Waals surface area contributed by atoms with Gasteiger partial charge in [-0.1, -0.05) is 30.7 Å². The van der Waals surface area contributed by atoms with Crippen molar-refractivity contribution in [1.29, 1.82) is 0 Å². The van der Waals surface area contributed by atoms with Crippen LogP contribution in [0, 0.1) is 0 Å². The molecule has 0 saturated carbocycles. The molecule has 3 aromatic rings. The Bertz CT molecular complexity index is 1030. The molecule has 0 saturated heterocycles. The summed E-state index contributed by atoms with van der Waals surface area (Å²) in [6, 6.07) is 14.6. The smallest absolute Gasteiger partial charge is 0.336 e. The quantitative estimate of drug-likeness (QED) is 0.639. The van der Waals surface area contributed by atoms with Crippen molar-refractivity contribution in [3.63, 3.8) is 0 Å². The van der Waals surface area contributed by atoms with Crippen LogP contribution in [0.1, 0.15) is 25.0 Å². The number of halogens is 1. The van der Waals surface area contributed by atoms with Crippen LogP contribution in [-0.2, 0) is 17.9 Å². The maximum atomic E-state index is 12.0. The summed E-state index contributed by atoms with van der Waals surface area (Å²) >= 11 is 6.08. The topological polar surface area (TPSA) is 62.6 Å².